The fourth-order valence-electron chi connectivity index (χ4n) is 6.79. The second-order valence-electron chi connectivity index (χ2n) is 16.6. The van der Waals surface area contributed by atoms with Crippen LogP contribution in [0.5, 0.6) is 0 Å². The van der Waals surface area contributed by atoms with E-state index in [0.29, 0.717) is 13.0 Å². The summed E-state index contributed by atoms with van der Waals surface area (Å²) in [4.78, 5) is 33.6. The zero-order chi connectivity index (χ0) is 44.8. The van der Waals surface area contributed by atoms with Crippen molar-refractivity contribution < 1.29 is 42.7 Å². The van der Waals surface area contributed by atoms with Gasteiger partial charge in [0.15, 0.2) is 0 Å². The van der Waals surface area contributed by atoms with Gasteiger partial charge < -0.3 is 25.2 Å². The molecule has 0 amide bonds. The van der Waals surface area contributed by atoms with Gasteiger partial charge in [-0.25, -0.2) is 4.57 Å². The minimum atomic E-state index is -4.62. The Morgan fingerprint density at radius 3 is 1.44 bits per heavy atom. The molecule has 0 spiro atoms. The minimum absolute atomic E-state index is 0.00958. The third-order valence-corrected chi connectivity index (χ3v) is 11.5. The average Bonchev–Trinajstić information content (AvgIpc) is 3.24. The zero-order valence-electron chi connectivity index (χ0n) is 39.0. The van der Waals surface area contributed by atoms with Crippen LogP contribution < -0.4 is 5.73 Å². The van der Waals surface area contributed by atoms with Crippen molar-refractivity contribution in [3.63, 3.8) is 0 Å². The maximum atomic E-state index is 12.7. The van der Waals surface area contributed by atoms with Crippen LogP contribution >= 0.6 is 7.82 Å². The summed E-state index contributed by atoms with van der Waals surface area (Å²) in [6, 6.07) is -1.48. The molecule has 0 radical (unpaired) electrons. The first-order chi connectivity index (χ1) is 29.7. The van der Waals surface area contributed by atoms with E-state index >= 15 is 0 Å². The van der Waals surface area contributed by atoms with Gasteiger partial charge in [0.25, 0.3) is 0 Å². The lowest BCUT2D eigenvalue weighted by atomic mass is 10.0. The Bertz CT molecular complexity index is 1160. The largest absolute Gasteiger partial charge is 0.480 e. The number of carboxylic acids is 1. The molecule has 0 aromatic heterocycles. The molecule has 356 valence electrons. The number of carboxylic acid groups (broad SMARTS) is 1. The Morgan fingerprint density at radius 2 is 0.951 bits per heavy atom. The molecule has 0 saturated carbocycles. The van der Waals surface area contributed by atoms with Gasteiger partial charge in [-0.05, 0) is 70.6 Å². The molecule has 0 heterocycles. The topological polar surface area (TPSA) is 155 Å². The second-order valence-corrected chi connectivity index (χ2v) is 18.0. The highest BCUT2D eigenvalue weighted by Crippen LogP contribution is 2.43. The number of aliphatic carboxylic acids is 1. The predicted molar refractivity (Wildman–Crippen MR) is 254 cm³/mol. The van der Waals surface area contributed by atoms with Crippen molar-refractivity contribution in [3.8, 4) is 0 Å². The number of carbonyl (C=O) groups excluding carboxylic acids is 1. The fourth-order valence-corrected chi connectivity index (χ4v) is 7.57. The Balaban J connectivity index is 4.11. The van der Waals surface area contributed by atoms with Gasteiger partial charge in [-0.15, -0.1) is 0 Å². The highest BCUT2D eigenvalue weighted by Gasteiger charge is 2.27. The van der Waals surface area contributed by atoms with Gasteiger partial charge in [0.2, 0.25) is 0 Å². The van der Waals surface area contributed by atoms with E-state index in [1.807, 2.05) is 0 Å². The molecule has 0 aliphatic heterocycles. The molecule has 0 aromatic rings. The first-order valence-corrected chi connectivity index (χ1v) is 26.2. The maximum absolute atomic E-state index is 12.7. The lowest BCUT2D eigenvalue weighted by Gasteiger charge is -2.20. The third-order valence-electron chi connectivity index (χ3n) is 10.6. The van der Waals surface area contributed by atoms with Crippen molar-refractivity contribution in [2.24, 2.45) is 5.73 Å². The monoisotopic (exact) mass is 882 g/mol. The number of allylic oxidation sites excluding steroid dienone is 8. The number of unbranched alkanes of at least 4 members (excludes halogenated alkanes) is 25. The molecule has 0 fully saturated rings. The molecule has 4 N–H and O–H groups in total. The van der Waals surface area contributed by atoms with Gasteiger partial charge in [0, 0.05) is 13.0 Å². The smallest absolute Gasteiger partial charge is 0.472 e. The highest BCUT2D eigenvalue weighted by molar-refractivity contribution is 7.47. The summed E-state index contributed by atoms with van der Waals surface area (Å²) in [5.74, 6) is -1.79. The summed E-state index contributed by atoms with van der Waals surface area (Å²) in [6.07, 6.45) is 54.6. The first kappa shape index (κ1) is 58.9. The van der Waals surface area contributed by atoms with E-state index in [2.05, 4.69) is 62.5 Å². The minimum Gasteiger partial charge on any atom is -0.480 e. The van der Waals surface area contributed by atoms with Crippen molar-refractivity contribution in [1.29, 1.82) is 0 Å². The van der Waals surface area contributed by atoms with Crippen molar-refractivity contribution in [1.82, 2.24) is 0 Å². The second kappa shape index (κ2) is 45.9. The summed E-state index contributed by atoms with van der Waals surface area (Å²) < 4.78 is 33.4. The van der Waals surface area contributed by atoms with Gasteiger partial charge in [-0.2, -0.15) is 0 Å². The number of carbonyl (C=O) groups is 2. The molecular formula is C50H92NO9P. The number of rotatable bonds is 47. The van der Waals surface area contributed by atoms with Crippen molar-refractivity contribution >= 4 is 19.8 Å². The molecular weight excluding hydrogens is 790 g/mol. The van der Waals surface area contributed by atoms with Crippen LogP contribution in [-0.4, -0.2) is 60.5 Å². The van der Waals surface area contributed by atoms with E-state index in [1.54, 1.807) is 0 Å². The third kappa shape index (κ3) is 45.8. The lowest BCUT2D eigenvalue weighted by Crippen LogP contribution is -2.34. The molecule has 0 rings (SSSR count). The molecule has 0 aliphatic rings. The summed E-state index contributed by atoms with van der Waals surface area (Å²) in [7, 11) is -4.62. The van der Waals surface area contributed by atoms with Crippen LogP contribution in [0.25, 0.3) is 0 Å². The Kier molecular flexibility index (Phi) is 44.4. The van der Waals surface area contributed by atoms with Gasteiger partial charge in [0.05, 0.1) is 19.8 Å². The van der Waals surface area contributed by atoms with Gasteiger partial charge in [-0.3, -0.25) is 18.6 Å². The number of hydrogen-bond donors (Lipinski definition) is 3. The van der Waals surface area contributed by atoms with Crippen molar-refractivity contribution in [2.75, 3.05) is 26.4 Å². The molecule has 3 atom stereocenters. The van der Waals surface area contributed by atoms with Crippen LogP contribution in [0.3, 0.4) is 0 Å². The standard InChI is InChI=1S/C50H92NO9P/c1-3-5-7-9-11-13-15-17-19-20-21-22-23-24-25-26-27-29-31-33-35-37-39-41-43-57-44-47(45-58-61(55,56)59-46-48(51)50(53)54)60-49(52)42-40-38-36-34-32-30-28-18-16-14-12-10-8-6-4-2/h6,8,12,14,18,20-21,28,47-48H,3-5,7,9-11,13,15-17,19,22-27,29-46,51H2,1-2H3,(H,53,54)(H,55,56)/b8-6-,14-12-,21-20-,28-18-. The number of phosphoric acid groups is 1. The fraction of sp³-hybridized carbons (Fsp3) is 0.800. The Morgan fingerprint density at radius 1 is 0.541 bits per heavy atom. The Labute approximate surface area is 373 Å². The zero-order valence-corrected chi connectivity index (χ0v) is 39.9. The highest BCUT2D eigenvalue weighted by atomic mass is 31.2. The van der Waals surface area contributed by atoms with E-state index in [-0.39, 0.29) is 13.0 Å². The van der Waals surface area contributed by atoms with E-state index in [9.17, 15) is 19.0 Å². The molecule has 10 nitrogen and oxygen atoms in total. The normalized spacial score (nSPS) is 14.2. The van der Waals surface area contributed by atoms with E-state index in [0.717, 1.165) is 70.6 Å². The number of nitrogens with two attached hydrogens (primary N) is 1. The Hall–Kier alpha value is -2.07. The molecule has 0 bridgehead atoms. The van der Waals surface area contributed by atoms with Crippen LogP contribution in [0.1, 0.15) is 219 Å². The van der Waals surface area contributed by atoms with Gasteiger partial charge >= 0.3 is 19.8 Å². The van der Waals surface area contributed by atoms with Crippen LogP contribution in [0, 0.1) is 0 Å². The predicted octanol–water partition coefficient (Wildman–Crippen LogP) is 14.2. The molecule has 11 heteroatoms. The van der Waals surface area contributed by atoms with Crippen LogP contribution in [-0.2, 0) is 32.7 Å². The van der Waals surface area contributed by atoms with E-state index < -0.39 is 45.1 Å². The summed E-state index contributed by atoms with van der Waals surface area (Å²) in [5.41, 5.74) is 5.37. The lowest BCUT2D eigenvalue weighted by molar-refractivity contribution is -0.154. The molecule has 0 aliphatic carbocycles. The van der Waals surface area contributed by atoms with Crippen molar-refractivity contribution in [3.05, 3.63) is 48.6 Å². The van der Waals surface area contributed by atoms with Crippen LogP contribution in [0.15, 0.2) is 48.6 Å². The van der Waals surface area contributed by atoms with Crippen LogP contribution in [0.4, 0.5) is 0 Å². The van der Waals surface area contributed by atoms with Crippen molar-refractivity contribution in [2.45, 2.75) is 231 Å². The van der Waals surface area contributed by atoms with E-state index in [4.69, 9.17) is 29.4 Å². The number of phosphoric ester groups is 1. The van der Waals surface area contributed by atoms with Crippen LogP contribution in [0.2, 0.25) is 0 Å². The average molecular weight is 882 g/mol. The molecule has 0 aromatic carbocycles. The molecule has 3 unspecified atom stereocenters. The summed E-state index contributed by atoms with van der Waals surface area (Å²) in [6.45, 7) is 3.77. The summed E-state index contributed by atoms with van der Waals surface area (Å²) >= 11 is 0. The number of esters is 1. The quantitative estimate of drug-likeness (QED) is 0.0233. The first-order valence-electron chi connectivity index (χ1n) is 24.7. The van der Waals surface area contributed by atoms with Gasteiger partial charge in [-0.1, -0.05) is 191 Å². The van der Waals surface area contributed by atoms with E-state index in [1.165, 1.54) is 122 Å². The number of ether oxygens (including phenoxy) is 2. The SMILES string of the molecule is CC/C=C\C/C=C\C/C=C\CCCCCCCC(=O)OC(COCCCCCCCCCCCCCC/C=C\CCCCCCCCCC)COP(=O)(O)OCC(N)C(=O)O. The molecule has 61 heavy (non-hydrogen) atoms. The van der Waals surface area contributed by atoms with Gasteiger partial charge in [0.1, 0.15) is 12.1 Å². The maximum Gasteiger partial charge on any atom is 0.472 e. The molecule has 0 saturated heterocycles. The summed E-state index contributed by atoms with van der Waals surface area (Å²) in [5, 5.41) is 8.92. The number of hydrogen-bond acceptors (Lipinski definition) is 8.